The van der Waals surface area contributed by atoms with Gasteiger partial charge in [-0.15, -0.1) is 0 Å². The van der Waals surface area contributed by atoms with Crippen LogP contribution in [0, 0.1) is 10.1 Å². The highest BCUT2D eigenvalue weighted by atomic mass is 19.4. The van der Waals surface area contributed by atoms with Crippen LogP contribution in [0.5, 0.6) is 17.5 Å². The van der Waals surface area contributed by atoms with Gasteiger partial charge in [-0.05, 0) is 78.4 Å². The van der Waals surface area contributed by atoms with Crippen LogP contribution in [0.25, 0.3) is 0 Å². The molecule has 1 saturated heterocycles. The summed E-state index contributed by atoms with van der Waals surface area (Å²) in [6, 6.07) is 21.7. The van der Waals surface area contributed by atoms with Gasteiger partial charge in [0.25, 0.3) is 0 Å². The maximum Gasteiger partial charge on any atom is 0.416 e. The lowest BCUT2D eigenvalue weighted by atomic mass is 10.0. The number of piperazine rings is 1. The van der Waals surface area contributed by atoms with Gasteiger partial charge >= 0.3 is 18.0 Å². The molecule has 3 heterocycles. The lowest BCUT2D eigenvalue weighted by Crippen LogP contribution is -2.56. The fraction of sp³-hybridized carbons (Fsp3) is 0.382. The zero-order valence-corrected chi connectivity index (χ0v) is 26.1. The molecule has 4 aromatic rings. The Bertz CT molecular complexity index is 1650. The first-order valence-corrected chi connectivity index (χ1v) is 15.5. The van der Waals surface area contributed by atoms with Gasteiger partial charge in [0.05, 0.1) is 5.56 Å². The molecule has 47 heavy (non-hydrogen) atoms. The zero-order chi connectivity index (χ0) is 33.1. The monoisotopic (exact) mass is 651 g/mol. The first kappa shape index (κ1) is 32.2. The maximum absolute atomic E-state index is 12.8. The summed E-state index contributed by atoms with van der Waals surface area (Å²) in [6.07, 6.45) is -2.53. The van der Waals surface area contributed by atoms with Crippen molar-refractivity contribution in [1.29, 1.82) is 0 Å². The molecular formula is C34H36F3N5O5. The molecule has 2 aliphatic rings. The van der Waals surface area contributed by atoms with Crippen molar-refractivity contribution in [1.82, 2.24) is 14.5 Å². The van der Waals surface area contributed by atoms with Crippen LogP contribution in [0.1, 0.15) is 37.0 Å². The van der Waals surface area contributed by atoms with E-state index in [0.29, 0.717) is 43.0 Å². The second-order valence-corrected chi connectivity index (χ2v) is 12.1. The van der Waals surface area contributed by atoms with E-state index in [4.69, 9.17) is 14.2 Å². The maximum atomic E-state index is 12.8. The normalized spacial score (nSPS) is 19.9. The van der Waals surface area contributed by atoms with Crippen molar-refractivity contribution >= 4 is 11.5 Å². The van der Waals surface area contributed by atoms with Gasteiger partial charge in [-0.25, -0.2) is 0 Å². The van der Waals surface area contributed by atoms with E-state index < -0.39 is 16.7 Å². The molecule has 0 amide bonds. The summed E-state index contributed by atoms with van der Waals surface area (Å²) in [5.41, 5.74) is 2.27. The molecule has 0 saturated carbocycles. The van der Waals surface area contributed by atoms with Crippen molar-refractivity contribution in [2.45, 2.75) is 64.3 Å². The van der Waals surface area contributed by atoms with Gasteiger partial charge in [0.2, 0.25) is 0 Å². The van der Waals surface area contributed by atoms with Crippen LogP contribution in [0.3, 0.4) is 0 Å². The molecule has 0 unspecified atom stereocenters. The van der Waals surface area contributed by atoms with Crippen LogP contribution in [0.15, 0.2) is 79.0 Å². The lowest BCUT2D eigenvalue weighted by Gasteiger charge is -2.45. The van der Waals surface area contributed by atoms with Gasteiger partial charge in [0.15, 0.2) is 0 Å². The fourth-order valence-corrected chi connectivity index (χ4v) is 6.02. The van der Waals surface area contributed by atoms with Crippen LogP contribution in [-0.4, -0.2) is 57.3 Å². The number of nitro groups is 1. The summed E-state index contributed by atoms with van der Waals surface area (Å²) < 4.78 is 57.6. The highest BCUT2D eigenvalue weighted by molar-refractivity contribution is 5.50. The third-order valence-electron chi connectivity index (χ3n) is 8.59. The standard InChI is InChI=1S/C34H36F3N5O5/c1-23-17-40(28-9-13-30(14-10-28)46-22-31-15-16-39-20-32(42(43)44)38-33(39)47-31)18-24(2)41(23)19-25-5-11-29(12-6-25)45-21-26-3-7-27(8-4-26)34(35,36)37/h3-14,20,23-24,31H,15-19,21-22H2,1-2H3/t23-,24+,31-/m1/s1. The molecule has 2 aliphatic heterocycles. The molecule has 3 aromatic carbocycles. The van der Waals surface area contributed by atoms with Crippen LogP contribution in [0.4, 0.5) is 24.7 Å². The Kier molecular flexibility index (Phi) is 9.26. The van der Waals surface area contributed by atoms with Crippen LogP contribution in [-0.2, 0) is 25.9 Å². The highest BCUT2D eigenvalue weighted by Crippen LogP contribution is 2.30. The first-order valence-electron chi connectivity index (χ1n) is 15.5. The van der Waals surface area contributed by atoms with Crippen molar-refractivity contribution in [2.75, 3.05) is 24.6 Å². The molecule has 248 valence electrons. The number of ether oxygens (including phenoxy) is 3. The van der Waals surface area contributed by atoms with Crippen molar-refractivity contribution in [2.24, 2.45) is 0 Å². The van der Waals surface area contributed by atoms with Crippen LogP contribution >= 0.6 is 0 Å². The predicted octanol–water partition coefficient (Wildman–Crippen LogP) is 6.72. The van der Waals surface area contributed by atoms with E-state index in [1.54, 1.807) is 4.57 Å². The van der Waals surface area contributed by atoms with Crippen molar-refractivity contribution < 1.29 is 32.3 Å². The largest absolute Gasteiger partial charge is 0.490 e. The van der Waals surface area contributed by atoms with Crippen LogP contribution in [0.2, 0.25) is 0 Å². The number of alkyl halides is 3. The Balaban J connectivity index is 0.963. The average Bonchev–Trinajstić information content (AvgIpc) is 3.49. The topological polar surface area (TPSA) is 95.1 Å². The van der Waals surface area contributed by atoms with Gasteiger partial charge in [0, 0.05) is 55.4 Å². The highest BCUT2D eigenvalue weighted by Gasteiger charge is 2.31. The number of hydrogen-bond donors (Lipinski definition) is 0. The number of imidazole rings is 1. The quantitative estimate of drug-likeness (QED) is 0.138. The van der Waals surface area contributed by atoms with E-state index in [1.165, 1.54) is 18.3 Å². The molecule has 13 heteroatoms. The Morgan fingerprint density at radius 2 is 1.53 bits per heavy atom. The molecule has 6 rings (SSSR count). The molecule has 0 N–H and O–H groups in total. The Morgan fingerprint density at radius 3 is 2.17 bits per heavy atom. The van der Waals surface area contributed by atoms with Crippen molar-refractivity contribution in [3.05, 3.63) is 106 Å². The third-order valence-corrected chi connectivity index (χ3v) is 8.59. The molecule has 0 radical (unpaired) electrons. The lowest BCUT2D eigenvalue weighted by molar-refractivity contribution is -0.389. The molecule has 1 fully saturated rings. The second kappa shape index (κ2) is 13.5. The van der Waals surface area contributed by atoms with E-state index in [9.17, 15) is 23.3 Å². The van der Waals surface area contributed by atoms with E-state index >= 15 is 0 Å². The number of fused-ring (bicyclic) bond motifs is 1. The molecule has 10 nitrogen and oxygen atoms in total. The Labute approximate surface area is 270 Å². The summed E-state index contributed by atoms with van der Waals surface area (Å²) >= 11 is 0. The molecule has 3 atom stereocenters. The average molecular weight is 652 g/mol. The van der Waals surface area contributed by atoms with Crippen molar-refractivity contribution in [3.63, 3.8) is 0 Å². The summed E-state index contributed by atoms with van der Waals surface area (Å²) in [7, 11) is 0. The number of aryl methyl sites for hydroxylation is 1. The molecule has 0 spiro atoms. The minimum absolute atomic E-state index is 0.191. The zero-order valence-electron chi connectivity index (χ0n) is 26.1. The minimum Gasteiger partial charge on any atom is -0.490 e. The third kappa shape index (κ3) is 7.79. The number of rotatable bonds is 10. The van der Waals surface area contributed by atoms with Crippen molar-refractivity contribution in [3.8, 4) is 17.5 Å². The molecule has 1 aromatic heterocycles. The van der Waals surface area contributed by atoms with Gasteiger partial charge in [0.1, 0.15) is 37.0 Å². The summed E-state index contributed by atoms with van der Waals surface area (Å²) in [4.78, 5) is 19.3. The number of aromatic nitrogens is 2. The Hall–Kier alpha value is -4.78. The number of hydrogen-bond acceptors (Lipinski definition) is 8. The fourth-order valence-electron chi connectivity index (χ4n) is 6.02. The van der Waals surface area contributed by atoms with E-state index in [2.05, 4.69) is 40.8 Å². The SMILES string of the molecule is C[C@@H]1CN(c2ccc(OC[C@H]3CCn4cc([N+](=O)[O-])nc4O3)cc2)C[C@H](C)N1Cc1ccc(OCc2ccc(C(F)(F)F)cc2)cc1. The summed E-state index contributed by atoms with van der Waals surface area (Å²) in [5, 5.41) is 11.0. The molecule has 0 bridgehead atoms. The first-order chi connectivity index (χ1) is 22.5. The number of benzene rings is 3. The van der Waals surface area contributed by atoms with E-state index in [-0.39, 0.29) is 24.5 Å². The predicted molar refractivity (Wildman–Crippen MR) is 169 cm³/mol. The molecule has 0 aliphatic carbocycles. The van der Waals surface area contributed by atoms with Crippen LogP contribution < -0.4 is 19.1 Å². The van der Waals surface area contributed by atoms with Gasteiger partial charge in [-0.1, -0.05) is 24.3 Å². The van der Waals surface area contributed by atoms with Gasteiger partial charge in [-0.3, -0.25) is 9.47 Å². The smallest absolute Gasteiger partial charge is 0.416 e. The summed E-state index contributed by atoms with van der Waals surface area (Å²) in [5.74, 6) is 1.17. The number of halogens is 3. The Morgan fingerprint density at radius 1 is 0.915 bits per heavy atom. The summed E-state index contributed by atoms with van der Waals surface area (Å²) in [6.45, 7) is 8.08. The van der Waals surface area contributed by atoms with Gasteiger partial charge in [-0.2, -0.15) is 13.2 Å². The van der Waals surface area contributed by atoms with E-state index in [1.807, 2.05) is 36.4 Å². The van der Waals surface area contributed by atoms with Gasteiger partial charge < -0.3 is 29.2 Å². The number of nitrogens with zero attached hydrogens (tertiary/aromatic N) is 5. The molecular weight excluding hydrogens is 615 g/mol. The second-order valence-electron chi connectivity index (χ2n) is 12.1. The van der Waals surface area contributed by atoms with E-state index in [0.717, 1.165) is 48.8 Å². The number of anilines is 1. The minimum atomic E-state index is -4.35.